The molecule has 0 saturated carbocycles. The normalized spacial score (nSPS) is 13.0. The van der Waals surface area contributed by atoms with Gasteiger partial charge in [0.15, 0.2) is 0 Å². The summed E-state index contributed by atoms with van der Waals surface area (Å²) in [6.45, 7) is 14.0. The number of carbonyl (C=O) groups excluding carboxylic acids is 2. The fourth-order valence-electron chi connectivity index (χ4n) is 5.97. The summed E-state index contributed by atoms with van der Waals surface area (Å²) in [6.07, 6.45) is 10.3. The lowest BCUT2D eigenvalue weighted by molar-refractivity contribution is 0.105. The Balaban J connectivity index is 1.68. The number of rotatable bonds is 22. The van der Waals surface area contributed by atoms with Crippen LogP contribution in [0.25, 0.3) is 11.1 Å². The highest BCUT2D eigenvalue weighted by molar-refractivity contribution is 6.46. The van der Waals surface area contributed by atoms with Crippen LogP contribution in [0.4, 0.5) is 0 Å². The largest absolute Gasteiger partial charge is 0.411 e. The van der Waals surface area contributed by atoms with E-state index in [1.54, 1.807) is 12.1 Å². The molecule has 1 aliphatic rings. The predicted molar refractivity (Wildman–Crippen MR) is 184 cm³/mol. The average molecular weight is 619 g/mol. The van der Waals surface area contributed by atoms with Crippen molar-refractivity contribution < 1.29 is 20.0 Å². The van der Waals surface area contributed by atoms with Crippen LogP contribution in [0.5, 0.6) is 0 Å². The van der Waals surface area contributed by atoms with E-state index in [0.717, 1.165) is 99.8 Å². The maximum Gasteiger partial charge on any atom is 0.210 e. The van der Waals surface area contributed by atoms with Crippen LogP contribution < -0.4 is 0 Å². The predicted octanol–water partition coefficient (Wildman–Crippen LogP) is 7.87. The van der Waals surface area contributed by atoms with Crippen molar-refractivity contribution in [2.75, 3.05) is 39.3 Å². The van der Waals surface area contributed by atoms with E-state index in [4.69, 9.17) is 0 Å². The second-order valence-corrected chi connectivity index (χ2v) is 12.3. The van der Waals surface area contributed by atoms with Gasteiger partial charge in [0, 0.05) is 37.1 Å². The Morgan fingerprint density at radius 2 is 0.956 bits per heavy atom. The van der Waals surface area contributed by atoms with Gasteiger partial charge in [-0.1, -0.05) is 88.0 Å². The first kappa shape index (κ1) is 36.1. The number of hydrogen-bond donors (Lipinski definition) is 2. The maximum atomic E-state index is 13.4. The smallest absolute Gasteiger partial charge is 0.210 e. The fraction of sp³-hybridized carbons (Fsp3) is 0.568. The topological polar surface area (TPSA) is 106 Å². The molecule has 0 fully saturated rings. The Morgan fingerprint density at radius 3 is 1.27 bits per heavy atom. The van der Waals surface area contributed by atoms with E-state index >= 15 is 0 Å². The van der Waals surface area contributed by atoms with Crippen molar-refractivity contribution in [2.24, 2.45) is 10.3 Å². The molecule has 8 heteroatoms. The van der Waals surface area contributed by atoms with Crippen molar-refractivity contribution in [2.45, 2.75) is 98.3 Å². The molecular formula is C37H54N4O4. The van der Waals surface area contributed by atoms with Crippen LogP contribution >= 0.6 is 0 Å². The summed E-state index contributed by atoms with van der Waals surface area (Å²) in [5, 5.41) is 26.3. The SMILES string of the molecule is CCCCN(CCCC)CCC(=NO)C(=O)c1ccc2c(c1)Cc1cc(C(=O)C(CCN(CCCC)CCCC)=NO)ccc1-2. The number of fused-ring (bicyclic) bond motifs is 3. The number of nitrogens with zero attached hydrogens (tertiary/aromatic N) is 4. The van der Waals surface area contributed by atoms with Gasteiger partial charge in [-0.3, -0.25) is 9.59 Å². The lowest BCUT2D eigenvalue weighted by Crippen LogP contribution is -2.30. The van der Waals surface area contributed by atoms with Gasteiger partial charge < -0.3 is 20.2 Å². The van der Waals surface area contributed by atoms with Crippen molar-refractivity contribution in [3.8, 4) is 11.1 Å². The summed E-state index contributed by atoms with van der Waals surface area (Å²) in [5.74, 6) is -0.512. The van der Waals surface area contributed by atoms with E-state index < -0.39 is 0 Å². The molecule has 3 rings (SSSR count). The maximum absolute atomic E-state index is 13.4. The van der Waals surface area contributed by atoms with Gasteiger partial charge in [0.1, 0.15) is 11.4 Å². The van der Waals surface area contributed by atoms with Gasteiger partial charge in [-0.15, -0.1) is 0 Å². The third kappa shape index (κ3) is 10.3. The Labute approximate surface area is 270 Å². The monoisotopic (exact) mass is 618 g/mol. The highest BCUT2D eigenvalue weighted by Crippen LogP contribution is 2.37. The highest BCUT2D eigenvalue weighted by atomic mass is 16.4. The van der Waals surface area contributed by atoms with Crippen LogP contribution in [0.15, 0.2) is 46.7 Å². The highest BCUT2D eigenvalue weighted by Gasteiger charge is 2.25. The zero-order valence-corrected chi connectivity index (χ0v) is 28.0. The molecule has 0 aromatic heterocycles. The molecule has 0 spiro atoms. The van der Waals surface area contributed by atoms with Crippen LogP contribution in [0.3, 0.4) is 0 Å². The minimum Gasteiger partial charge on any atom is -0.411 e. The Bertz CT molecular complexity index is 1200. The quantitative estimate of drug-likeness (QED) is 0.0514. The Kier molecular flexibility index (Phi) is 15.4. The second kappa shape index (κ2) is 19.2. The van der Waals surface area contributed by atoms with Gasteiger partial charge in [-0.2, -0.15) is 0 Å². The molecular weight excluding hydrogens is 564 g/mol. The molecule has 45 heavy (non-hydrogen) atoms. The summed E-state index contributed by atoms with van der Waals surface area (Å²) in [7, 11) is 0. The number of oxime groups is 2. The lowest BCUT2D eigenvalue weighted by atomic mass is 9.97. The van der Waals surface area contributed by atoms with Gasteiger partial charge in [-0.05, 0) is 92.7 Å². The third-order valence-electron chi connectivity index (χ3n) is 8.81. The van der Waals surface area contributed by atoms with Crippen LogP contribution in [-0.4, -0.2) is 82.5 Å². The summed E-state index contributed by atoms with van der Waals surface area (Å²) >= 11 is 0. The minimum absolute atomic E-state index is 0.176. The Morgan fingerprint density at radius 1 is 0.600 bits per heavy atom. The number of unbranched alkanes of at least 4 members (excludes halogenated alkanes) is 4. The first-order chi connectivity index (χ1) is 21.9. The molecule has 0 heterocycles. The van der Waals surface area contributed by atoms with E-state index in [-0.39, 0.29) is 23.0 Å². The number of carbonyl (C=O) groups is 2. The van der Waals surface area contributed by atoms with Crippen molar-refractivity contribution in [3.05, 3.63) is 58.7 Å². The van der Waals surface area contributed by atoms with Crippen LogP contribution in [-0.2, 0) is 6.42 Å². The standard InChI is InChI=1S/C37H54N4O4/c1-5-9-19-40(20-10-6-2)23-17-34(38-44)36(42)28-13-15-32-30(25-28)27-31-26-29(14-16-33(31)32)37(43)35(39-45)18-24-41(21-11-7-3)22-12-8-4/h13-16,25-26,44-45H,5-12,17-24,27H2,1-4H3. The van der Waals surface area contributed by atoms with Crippen molar-refractivity contribution in [1.29, 1.82) is 0 Å². The molecule has 0 radical (unpaired) electrons. The van der Waals surface area contributed by atoms with Gasteiger partial charge >= 0.3 is 0 Å². The van der Waals surface area contributed by atoms with Crippen molar-refractivity contribution >= 4 is 23.0 Å². The first-order valence-corrected chi connectivity index (χ1v) is 17.1. The average Bonchev–Trinajstić information content (AvgIpc) is 3.43. The molecule has 0 bridgehead atoms. The molecule has 0 saturated heterocycles. The molecule has 246 valence electrons. The summed E-state index contributed by atoms with van der Waals surface area (Å²) in [4.78, 5) is 31.4. The summed E-state index contributed by atoms with van der Waals surface area (Å²) in [6, 6.07) is 11.3. The van der Waals surface area contributed by atoms with Crippen molar-refractivity contribution in [1.82, 2.24) is 9.80 Å². The first-order valence-electron chi connectivity index (χ1n) is 17.1. The number of hydrogen-bond acceptors (Lipinski definition) is 8. The molecule has 0 unspecified atom stereocenters. The number of ketones is 2. The van der Waals surface area contributed by atoms with Crippen molar-refractivity contribution in [3.63, 3.8) is 0 Å². The van der Waals surface area contributed by atoms with Gasteiger partial charge in [-0.25, -0.2) is 0 Å². The molecule has 0 aliphatic heterocycles. The number of Topliss-reactive ketones (excluding diaryl/α,β-unsaturated/α-hetero) is 2. The van der Waals surface area contributed by atoms with E-state index in [2.05, 4.69) is 47.8 Å². The number of benzene rings is 2. The minimum atomic E-state index is -0.256. The van der Waals surface area contributed by atoms with E-state index in [9.17, 15) is 20.0 Å². The van der Waals surface area contributed by atoms with Crippen LogP contribution in [0, 0.1) is 0 Å². The molecule has 2 aromatic rings. The van der Waals surface area contributed by atoms with E-state index in [1.165, 1.54) is 0 Å². The molecule has 0 atom stereocenters. The van der Waals surface area contributed by atoms with Crippen LogP contribution in [0.1, 0.15) is 124 Å². The van der Waals surface area contributed by atoms with Crippen LogP contribution in [0.2, 0.25) is 0 Å². The molecule has 2 aromatic carbocycles. The second-order valence-electron chi connectivity index (χ2n) is 12.3. The van der Waals surface area contributed by atoms with E-state index in [1.807, 2.05) is 24.3 Å². The zero-order chi connectivity index (χ0) is 32.6. The third-order valence-corrected chi connectivity index (χ3v) is 8.81. The van der Waals surface area contributed by atoms with E-state index in [0.29, 0.717) is 43.5 Å². The van der Waals surface area contributed by atoms with Gasteiger partial charge in [0.2, 0.25) is 11.6 Å². The molecule has 2 N–H and O–H groups in total. The lowest BCUT2D eigenvalue weighted by Gasteiger charge is -2.21. The summed E-state index contributed by atoms with van der Waals surface area (Å²) < 4.78 is 0. The summed E-state index contributed by atoms with van der Waals surface area (Å²) in [5.41, 5.74) is 5.44. The van der Waals surface area contributed by atoms with Gasteiger partial charge in [0.25, 0.3) is 0 Å². The Hall–Kier alpha value is -3.36. The fourth-order valence-corrected chi connectivity index (χ4v) is 5.97. The zero-order valence-electron chi connectivity index (χ0n) is 28.0. The van der Waals surface area contributed by atoms with Gasteiger partial charge in [0.05, 0.1) is 0 Å². The molecule has 1 aliphatic carbocycles. The molecule has 8 nitrogen and oxygen atoms in total. The molecule has 0 amide bonds.